The number of para-hydroxylation sites is 1. The maximum Gasteiger partial charge on any atom is 0.292 e. The first-order valence-corrected chi connectivity index (χ1v) is 8.02. The Morgan fingerprint density at radius 2 is 1.74 bits per heavy atom. The highest BCUT2D eigenvalue weighted by molar-refractivity contribution is 6.30. The van der Waals surface area contributed by atoms with Crippen LogP contribution >= 0.6 is 11.6 Å². The highest BCUT2D eigenvalue weighted by Gasteiger charge is 2.54. The van der Waals surface area contributed by atoms with Crippen molar-refractivity contribution in [1.82, 2.24) is 0 Å². The van der Waals surface area contributed by atoms with Crippen molar-refractivity contribution < 1.29 is 14.3 Å². The van der Waals surface area contributed by atoms with Crippen LogP contribution in [0.3, 0.4) is 0 Å². The Morgan fingerprint density at radius 1 is 1.04 bits per heavy atom. The Kier molecular flexibility index (Phi) is 3.60. The van der Waals surface area contributed by atoms with E-state index in [1.54, 1.807) is 4.90 Å². The maximum absolute atomic E-state index is 13.1. The van der Waals surface area contributed by atoms with Crippen molar-refractivity contribution in [1.29, 1.82) is 0 Å². The number of hydrogen-bond donors (Lipinski definition) is 0. The van der Waals surface area contributed by atoms with Crippen LogP contribution in [0.4, 0.5) is 5.69 Å². The quantitative estimate of drug-likeness (QED) is 0.846. The largest absolute Gasteiger partial charge is 0.338 e. The summed E-state index contributed by atoms with van der Waals surface area (Å²) in [5.41, 5.74) is 2.64. The van der Waals surface area contributed by atoms with Crippen LogP contribution in [0.15, 0.2) is 48.5 Å². The van der Waals surface area contributed by atoms with Gasteiger partial charge >= 0.3 is 0 Å². The molecule has 0 saturated carbocycles. The number of rotatable bonds is 2. The molecule has 1 saturated heterocycles. The lowest BCUT2D eigenvalue weighted by atomic mass is 10.1. The van der Waals surface area contributed by atoms with E-state index >= 15 is 0 Å². The number of amides is 1. The van der Waals surface area contributed by atoms with Crippen LogP contribution in [-0.2, 0) is 26.6 Å². The zero-order chi connectivity index (χ0) is 15.9. The van der Waals surface area contributed by atoms with Crippen LogP contribution in [0, 0.1) is 0 Å². The van der Waals surface area contributed by atoms with Gasteiger partial charge in [-0.25, -0.2) is 0 Å². The molecule has 0 unspecified atom stereocenters. The summed E-state index contributed by atoms with van der Waals surface area (Å²) < 4.78 is 11.6. The average Bonchev–Trinajstić information content (AvgIpc) is 2.81. The van der Waals surface area contributed by atoms with Gasteiger partial charge in [-0.15, -0.1) is 0 Å². The molecule has 0 N–H and O–H groups in total. The third-order valence-electron chi connectivity index (χ3n) is 4.23. The maximum atomic E-state index is 13.1. The summed E-state index contributed by atoms with van der Waals surface area (Å²) in [6.45, 7) is 1.51. The summed E-state index contributed by atoms with van der Waals surface area (Å²) in [5.74, 6) is -1.44. The van der Waals surface area contributed by atoms with Crippen molar-refractivity contribution in [2.75, 3.05) is 18.1 Å². The molecule has 4 nitrogen and oxygen atoms in total. The topological polar surface area (TPSA) is 38.8 Å². The van der Waals surface area contributed by atoms with Gasteiger partial charge in [0.05, 0.1) is 25.4 Å². The predicted molar refractivity (Wildman–Crippen MR) is 87.3 cm³/mol. The molecule has 1 spiro atoms. The van der Waals surface area contributed by atoms with Crippen molar-refractivity contribution in [2.24, 2.45) is 0 Å². The second-order valence-corrected chi connectivity index (χ2v) is 6.14. The molecule has 2 aliphatic heterocycles. The fraction of sp³-hybridized carbons (Fsp3) is 0.278. The lowest BCUT2D eigenvalue weighted by Gasteiger charge is -2.32. The van der Waals surface area contributed by atoms with E-state index in [1.165, 1.54) is 0 Å². The molecular weight excluding hydrogens is 314 g/mol. The van der Waals surface area contributed by atoms with Gasteiger partial charge in [0.2, 0.25) is 0 Å². The Labute approximate surface area is 139 Å². The van der Waals surface area contributed by atoms with Gasteiger partial charge in [0.15, 0.2) is 0 Å². The fourth-order valence-corrected chi connectivity index (χ4v) is 3.26. The van der Waals surface area contributed by atoms with Crippen molar-refractivity contribution in [3.63, 3.8) is 0 Å². The predicted octanol–water partition coefficient (Wildman–Crippen LogP) is 3.48. The Balaban J connectivity index is 1.73. The zero-order valence-corrected chi connectivity index (χ0v) is 13.3. The number of benzene rings is 2. The number of carbonyl (C=O) groups excluding carboxylic acids is 1. The van der Waals surface area contributed by atoms with Gasteiger partial charge in [-0.2, -0.15) is 0 Å². The molecule has 1 amide bonds. The van der Waals surface area contributed by atoms with Gasteiger partial charge in [-0.3, -0.25) is 4.79 Å². The summed E-state index contributed by atoms with van der Waals surface area (Å²) in [5, 5.41) is 0.678. The van der Waals surface area contributed by atoms with Gasteiger partial charge in [0.25, 0.3) is 11.7 Å². The summed E-state index contributed by atoms with van der Waals surface area (Å²) in [6.07, 6.45) is 0.800. The molecule has 0 aromatic heterocycles. The standard InChI is InChI=1S/C18H16ClNO3/c19-14-8-6-13(7-9-14)12-20-16-5-2-1-4-15(16)18(17(20)21)22-10-3-11-23-18/h1-2,4-9H,3,10-12H2. The smallest absolute Gasteiger partial charge is 0.292 e. The number of fused-ring (bicyclic) bond motifs is 2. The molecule has 0 bridgehead atoms. The summed E-state index contributed by atoms with van der Waals surface area (Å²) >= 11 is 5.93. The Bertz CT molecular complexity index is 738. The van der Waals surface area contributed by atoms with E-state index in [-0.39, 0.29) is 5.91 Å². The average molecular weight is 330 g/mol. The van der Waals surface area contributed by atoms with Gasteiger partial charge in [-0.1, -0.05) is 41.9 Å². The van der Waals surface area contributed by atoms with Crippen LogP contribution < -0.4 is 4.90 Å². The van der Waals surface area contributed by atoms with E-state index < -0.39 is 5.79 Å². The minimum absolute atomic E-state index is 0.159. The Morgan fingerprint density at radius 3 is 2.48 bits per heavy atom. The van der Waals surface area contributed by atoms with Gasteiger partial charge in [0.1, 0.15) is 0 Å². The third-order valence-corrected chi connectivity index (χ3v) is 4.48. The number of nitrogens with zero attached hydrogens (tertiary/aromatic N) is 1. The summed E-state index contributed by atoms with van der Waals surface area (Å²) in [4.78, 5) is 14.8. The van der Waals surface area contributed by atoms with Crippen LogP contribution in [-0.4, -0.2) is 19.1 Å². The summed E-state index contributed by atoms with van der Waals surface area (Å²) in [7, 11) is 0. The van der Waals surface area contributed by atoms with Crippen LogP contribution in [0.2, 0.25) is 5.02 Å². The molecule has 0 atom stereocenters. The van der Waals surface area contributed by atoms with Crippen molar-refractivity contribution >= 4 is 23.2 Å². The van der Waals surface area contributed by atoms with Crippen LogP contribution in [0.25, 0.3) is 0 Å². The molecule has 2 aromatic rings. The lowest BCUT2D eigenvalue weighted by molar-refractivity contribution is -0.256. The van der Waals surface area contributed by atoms with Gasteiger partial charge in [0, 0.05) is 10.6 Å². The first kappa shape index (κ1) is 14.7. The molecule has 2 aliphatic rings. The zero-order valence-electron chi connectivity index (χ0n) is 12.5. The minimum Gasteiger partial charge on any atom is -0.338 e. The summed E-state index contributed by atoms with van der Waals surface area (Å²) in [6, 6.07) is 15.2. The van der Waals surface area contributed by atoms with E-state index in [0.717, 1.165) is 23.2 Å². The second-order valence-electron chi connectivity index (χ2n) is 5.70. The van der Waals surface area contributed by atoms with Crippen molar-refractivity contribution in [2.45, 2.75) is 18.8 Å². The molecule has 118 valence electrons. The molecule has 5 heteroatoms. The number of anilines is 1. The minimum atomic E-state index is -1.28. The van der Waals surface area contributed by atoms with E-state index in [9.17, 15) is 4.79 Å². The van der Waals surface area contributed by atoms with Crippen molar-refractivity contribution in [3.05, 3.63) is 64.7 Å². The highest BCUT2D eigenvalue weighted by Crippen LogP contribution is 2.45. The Hall–Kier alpha value is -1.88. The molecule has 0 radical (unpaired) electrons. The molecule has 4 rings (SSSR count). The number of halogens is 1. The number of ether oxygens (including phenoxy) is 2. The number of carbonyl (C=O) groups is 1. The first-order chi connectivity index (χ1) is 11.2. The molecule has 2 heterocycles. The van der Waals surface area contributed by atoms with Gasteiger partial charge in [-0.05, 0) is 30.2 Å². The second kappa shape index (κ2) is 5.64. The van der Waals surface area contributed by atoms with E-state index in [1.807, 2.05) is 48.5 Å². The third kappa shape index (κ3) is 2.34. The van der Waals surface area contributed by atoms with Crippen molar-refractivity contribution in [3.8, 4) is 0 Å². The molecule has 23 heavy (non-hydrogen) atoms. The SMILES string of the molecule is O=C1N(Cc2ccc(Cl)cc2)c2ccccc2C12OCCCO2. The van der Waals surface area contributed by atoms with Crippen LogP contribution in [0.5, 0.6) is 0 Å². The van der Waals surface area contributed by atoms with E-state index in [0.29, 0.717) is 24.8 Å². The molecule has 1 fully saturated rings. The number of hydrogen-bond acceptors (Lipinski definition) is 3. The van der Waals surface area contributed by atoms with E-state index in [2.05, 4.69) is 0 Å². The molecule has 2 aromatic carbocycles. The monoisotopic (exact) mass is 329 g/mol. The fourth-order valence-electron chi connectivity index (χ4n) is 3.13. The molecular formula is C18H16ClNO3. The first-order valence-electron chi connectivity index (χ1n) is 7.64. The van der Waals surface area contributed by atoms with Gasteiger partial charge < -0.3 is 14.4 Å². The molecule has 0 aliphatic carbocycles. The lowest BCUT2D eigenvalue weighted by Crippen LogP contribution is -2.47. The normalized spacial score (nSPS) is 19.2. The highest BCUT2D eigenvalue weighted by atomic mass is 35.5. The van der Waals surface area contributed by atoms with Crippen LogP contribution in [0.1, 0.15) is 17.5 Å². The van der Waals surface area contributed by atoms with E-state index in [4.69, 9.17) is 21.1 Å².